The Balaban J connectivity index is 1.31. The van der Waals surface area contributed by atoms with Gasteiger partial charge in [0.25, 0.3) is 0 Å². The Kier molecular flexibility index (Phi) is 15.3. The summed E-state index contributed by atoms with van der Waals surface area (Å²) in [6, 6.07) is 17.7. The van der Waals surface area contributed by atoms with E-state index in [1.807, 2.05) is 0 Å². The molecule has 6 nitrogen and oxygen atoms in total. The minimum Gasteiger partial charge on any atom is -0.356 e. The molecule has 1 amide bonds. The van der Waals surface area contributed by atoms with Crippen LogP contribution in [-0.2, 0) is 15.6 Å². The lowest BCUT2D eigenvalue weighted by molar-refractivity contribution is -0.438. The molecule has 0 saturated carbocycles. The van der Waals surface area contributed by atoms with Crippen LogP contribution in [0.1, 0.15) is 104 Å². The van der Waals surface area contributed by atoms with Crippen LogP contribution in [0, 0.1) is 0 Å². The number of hydrogen-bond acceptors (Lipinski definition) is 4. The monoisotopic (exact) mass is 679 g/mol. The average molecular weight is 679 g/mol. The number of rotatable bonds is 21. The smallest absolute Gasteiger partial charge is 0.219 e. The van der Waals surface area contributed by atoms with Crippen molar-refractivity contribution in [2.24, 2.45) is 5.73 Å². The van der Waals surface area contributed by atoms with Crippen molar-refractivity contribution in [2.75, 3.05) is 44.2 Å². The SMILES string of the molecule is CCCCN1/C(=C/C=C/C=C/C=C/C2=[N+](CCCCCC(=O)NCCCCNCCCN)c3ccccc3C2(C)C)C(C)(C)c2ccccc21. The summed E-state index contributed by atoms with van der Waals surface area (Å²) in [5.74, 6) is 0.173. The Labute approximate surface area is 303 Å². The number of carbonyl (C=O) groups is 1. The quantitative estimate of drug-likeness (QED) is 0.0703. The molecule has 2 aliphatic rings. The van der Waals surface area contributed by atoms with Gasteiger partial charge in [-0.3, -0.25) is 4.79 Å². The van der Waals surface area contributed by atoms with Crippen molar-refractivity contribution >= 4 is 23.0 Å². The van der Waals surface area contributed by atoms with Crippen molar-refractivity contribution in [1.29, 1.82) is 0 Å². The predicted octanol–water partition coefficient (Wildman–Crippen LogP) is 8.61. The second-order valence-corrected chi connectivity index (χ2v) is 14.8. The Hall–Kier alpha value is -3.74. The lowest BCUT2D eigenvalue weighted by Crippen LogP contribution is -2.28. The first-order valence-corrected chi connectivity index (χ1v) is 19.2. The van der Waals surface area contributed by atoms with E-state index in [2.05, 4.69) is 146 Å². The number of unbranched alkanes of at least 4 members (excludes halogenated alkanes) is 4. The number of hydrogen-bond donors (Lipinski definition) is 3. The highest BCUT2D eigenvalue weighted by Gasteiger charge is 2.43. The molecule has 0 aliphatic carbocycles. The zero-order chi connectivity index (χ0) is 35.8. The van der Waals surface area contributed by atoms with Crippen LogP contribution in [0.4, 0.5) is 11.4 Å². The maximum absolute atomic E-state index is 12.4. The van der Waals surface area contributed by atoms with Gasteiger partial charge in [-0.1, -0.05) is 94.0 Å². The second-order valence-electron chi connectivity index (χ2n) is 14.8. The normalized spacial score (nSPS) is 17.2. The van der Waals surface area contributed by atoms with Gasteiger partial charge in [0.1, 0.15) is 6.54 Å². The third-order valence-corrected chi connectivity index (χ3v) is 10.2. The fourth-order valence-corrected chi connectivity index (χ4v) is 7.34. The van der Waals surface area contributed by atoms with Gasteiger partial charge in [-0.25, -0.2) is 0 Å². The third-order valence-electron chi connectivity index (χ3n) is 10.2. The molecular weight excluding hydrogens is 615 g/mol. The van der Waals surface area contributed by atoms with Crippen LogP contribution in [0.2, 0.25) is 0 Å². The molecule has 6 heteroatoms. The molecule has 2 aliphatic heterocycles. The molecule has 50 heavy (non-hydrogen) atoms. The molecule has 2 heterocycles. The Morgan fingerprint density at radius 1 is 0.780 bits per heavy atom. The predicted molar refractivity (Wildman–Crippen MR) is 214 cm³/mol. The number of anilines is 1. The van der Waals surface area contributed by atoms with Gasteiger partial charge in [-0.05, 0) is 89.7 Å². The number of carbonyl (C=O) groups excluding carboxylic acids is 1. The van der Waals surface area contributed by atoms with E-state index < -0.39 is 0 Å². The summed E-state index contributed by atoms with van der Waals surface area (Å²) >= 11 is 0. The van der Waals surface area contributed by atoms with E-state index in [-0.39, 0.29) is 16.7 Å². The summed E-state index contributed by atoms with van der Waals surface area (Å²) < 4.78 is 2.49. The van der Waals surface area contributed by atoms with E-state index in [9.17, 15) is 4.79 Å². The zero-order valence-corrected chi connectivity index (χ0v) is 31.6. The molecule has 0 aromatic heterocycles. The molecule has 0 bridgehead atoms. The first-order valence-electron chi connectivity index (χ1n) is 19.2. The summed E-state index contributed by atoms with van der Waals surface area (Å²) in [5.41, 5.74) is 13.5. The molecule has 0 radical (unpaired) electrons. The fourth-order valence-electron chi connectivity index (χ4n) is 7.34. The highest BCUT2D eigenvalue weighted by atomic mass is 16.1. The van der Waals surface area contributed by atoms with Gasteiger partial charge in [0.05, 0.1) is 5.41 Å². The molecule has 0 spiro atoms. The number of para-hydroxylation sites is 2. The summed E-state index contributed by atoms with van der Waals surface area (Å²) in [6.07, 6.45) is 24.4. The van der Waals surface area contributed by atoms with Crippen molar-refractivity contribution in [3.8, 4) is 0 Å². The molecule has 4 rings (SSSR count). The van der Waals surface area contributed by atoms with Gasteiger partial charge < -0.3 is 21.3 Å². The number of amides is 1. The summed E-state index contributed by atoms with van der Waals surface area (Å²) in [5, 5.41) is 6.48. The van der Waals surface area contributed by atoms with Crippen LogP contribution >= 0.6 is 0 Å². The summed E-state index contributed by atoms with van der Waals surface area (Å²) in [6.45, 7) is 17.0. The number of nitrogens with zero attached hydrogens (tertiary/aromatic N) is 2. The number of nitrogens with two attached hydrogens (primary N) is 1. The molecule has 0 unspecified atom stereocenters. The van der Waals surface area contributed by atoms with Gasteiger partial charge in [0.15, 0.2) is 5.71 Å². The van der Waals surface area contributed by atoms with Crippen LogP contribution in [0.5, 0.6) is 0 Å². The van der Waals surface area contributed by atoms with Gasteiger partial charge in [-0.15, -0.1) is 0 Å². The molecule has 2 aromatic rings. The first kappa shape index (κ1) is 39.1. The van der Waals surface area contributed by atoms with Gasteiger partial charge in [0, 0.05) is 60.4 Å². The van der Waals surface area contributed by atoms with Crippen molar-refractivity contribution in [3.63, 3.8) is 0 Å². The van der Waals surface area contributed by atoms with Crippen molar-refractivity contribution in [2.45, 2.75) is 103 Å². The lowest BCUT2D eigenvalue weighted by atomic mass is 9.81. The van der Waals surface area contributed by atoms with E-state index in [0.29, 0.717) is 6.42 Å². The third kappa shape index (κ3) is 10.2. The molecule has 2 aromatic carbocycles. The Bertz CT molecular complexity index is 1540. The van der Waals surface area contributed by atoms with Crippen LogP contribution in [0.3, 0.4) is 0 Å². The Morgan fingerprint density at radius 2 is 1.48 bits per heavy atom. The number of nitrogens with one attached hydrogen (secondary N) is 2. The maximum atomic E-state index is 12.4. The molecule has 270 valence electrons. The average Bonchev–Trinajstić information content (AvgIpc) is 3.46. The highest BCUT2D eigenvalue weighted by molar-refractivity contribution is 6.03. The molecule has 0 fully saturated rings. The van der Waals surface area contributed by atoms with Crippen molar-refractivity contribution < 1.29 is 9.37 Å². The molecular formula is C44H64N5O+. The van der Waals surface area contributed by atoms with Crippen LogP contribution in [0.25, 0.3) is 0 Å². The van der Waals surface area contributed by atoms with E-state index in [4.69, 9.17) is 5.73 Å². The largest absolute Gasteiger partial charge is 0.356 e. The van der Waals surface area contributed by atoms with Crippen LogP contribution in [0.15, 0.2) is 96.8 Å². The van der Waals surface area contributed by atoms with E-state index in [0.717, 1.165) is 77.8 Å². The maximum Gasteiger partial charge on any atom is 0.219 e. The Morgan fingerprint density at radius 3 is 2.28 bits per heavy atom. The topological polar surface area (TPSA) is 73.4 Å². The standard InChI is InChI=1S/C44H63N5O/c1-6-7-34-48-38-25-17-15-23-36(38)43(2,3)40(48)27-12-9-8-10-13-28-41-44(4,5)37-24-16-18-26-39(37)49(41)35-21-11-14-29-42(50)47-33-20-19-31-46-32-22-30-45/h8-10,12-13,15-18,23-28,46H,6-7,11,14,19-22,29-35,45H2,1-5H3/p+1. The van der Waals surface area contributed by atoms with E-state index in [1.165, 1.54) is 46.8 Å². The fraction of sp³-hybridized carbons (Fsp3) is 0.500. The number of fused-ring (bicyclic) bond motifs is 2. The molecule has 0 atom stereocenters. The van der Waals surface area contributed by atoms with E-state index in [1.54, 1.807) is 0 Å². The van der Waals surface area contributed by atoms with Crippen LogP contribution in [-0.4, -0.2) is 55.5 Å². The van der Waals surface area contributed by atoms with Gasteiger partial charge >= 0.3 is 0 Å². The van der Waals surface area contributed by atoms with Crippen LogP contribution < -0.4 is 21.3 Å². The first-order chi connectivity index (χ1) is 24.2. The number of allylic oxidation sites excluding steroid dienone is 8. The lowest BCUT2D eigenvalue weighted by Gasteiger charge is -2.27. The summed E-state index contributed by atoms with van der Waals surface area (Å²) in [7, 11) is 0. The molecule has 0 saturated heterocycles. The summed E-state index contributed by atoms with van der Waals surface area (Å²) in [4.78, 5) is 14.9. The number of benzene rings is 2. The highest BCUT2D eigenvalue weighted by Crippen LogP contribution is 2.47. The van der Waals surface area contributed by atoms with Gasteiger partial charge in [0.2, 0.25) is 11.6 Å². The zero-order valence-electron chi connectivity index (χ0n) is 31.6. The minimum atomic E-state index is -0.0774. The molecule has 4 N–H and O–H groups in total. The van der Waals surface area contributed by atoms with E-state index >= 15 is 0 Å². The van der Waals surface area contributed by atoms with Crippen molar-refractivity contribution in [3.05, 3.63) is 108 Å². The van der Waals surface area contributed by atoms with Gasteiger partial charge in [-0.2, -0.15) is 4.58 Å². The second kappa shape index (κ2) is 19.6. The minimum absolute atomic E-state index is 0.0177. The van der Waals surface area contributed by atoms with Crippen molar-refractivity contribution in [1.82, 2.24) is 10.6 Å².